The van der Waals surface area contributed by atoms with Crippen LogP contribution in [0.25, 0.3) is 0 Å². The summed E-state index contributed by atoms with van der Waals surface area (Å²) in [6, 6.07) is -0.123. The van der Waals surface area contributed by atoms with Crippen molar-refractivity contribution < 1.29 is 14.7 Å². The molecule has 1 saturated heterocycles. The van der Waals surface area contributed by atoms with Gasteiger partial charge in [0.1, 0.15) is 5.54 Å². The van der Waals surface area contributed by atoms with E-state index in [2.05, 4.69) is 11.2 Å². The van der Waals surface area contributed by atoms with E-state index < -0.39 is 17.4 Å². The number of carbonyl (C=O) groups excluding carboxylic acids is 1. The highest BCUT2D eigenvalue weighted by Crippen LogP contribution is 2.24. The molecule has 0 aromatic rings. The highest BCUT2D eigenvalue weighted by atomic mass is 16.4. The maximum absolute atomic E-state index is 12.1. The first-order valence-corrected chi connectivity index (χ1v) is 7.14. The largest absolute Gasteiger partial charge is 0.481 e. The second-order valence-electron chi connectivity index (χ2n) is 5.43. The minimum absolute atomic E-state index is 0.123. The number of nitrogens with zero attached hydrogens (tertiary/aromatic N) is 1. The van der Waals surface area contributed by atoms with Crippen LogP contribution >= 0.6 is 0 Å². The van der Waals surface area contributed by atoms with E-state index in [1.165, 1.54) is 0 Å². The van der Waals surface area contributed by atoms with E-state index >= 15 is 0 Å². The summed E-state index contributed by atoms with van der Waals surface area (Å²) in [7, 11) is 0. The van der Waals surface area contributed by atoms with E-state index in [1.807, 2.05) is 25.7 Å². The Morgan fingerprint density at radius 2 is 2.05 bits per heavy atom. The van der Waals surface area contributed by atoms with Gasteiger partial charge in [-0.05, 0) is 32.7 Å². The molecule has 20 heavy (non-hydrogen) atoms. The van der Waals surface area contributed by atoms with E-state index in [1.54, 1.807) is 0 Å². The normalized spacial score (nSPS) is 23.3. The van der Waals surface area contributed by atoms with Crippen LogP contribution in [0, 0.1) is 18.3 Å². The molecule has 1 heterocycles. The van der Waals surface area contributed by atoms with Gasteiger partial charge < -0.3 is 10.4 Å². The van der Waals surface area contributed by atoms with Crippen molar-refractivity contribution in [3.8, 4) is 12.3 Å². The Morgan fingerprint density at radius 1 is 1.45 bits per heavy atom. The molecule has 0 radical (unpaired) electrons. The van der Waals surface area contributed by atoms with E-state index in [0.717, 1.165) is 0 Å². The second kappa shape index (κ2) is 6.76. The number of amides is 1. The number of nitrogens with one attached hydrogen (secondary N) is 1. The number of carboxylic acids is 1. The van der Waals surface area contributed by atoms with E-state index in [4.69, 9.17) is 11.5 Å². The van der Waals surface area contributed by atoms with Gasteiger partial charge in [0.2, 0.25) is 5.91 Å². The quantitative estimate of drug-likeness (QED) is 0.715. The Kier molecular flexibility index (Phi) is 5.58. The van der Waals surface area contributed by atoms with Crippen molar-refractivity contribution in [3.63, 3.8) is 0 Å². The predicted octanol–water partition coefficient (Wildman–Crippen LogP) is 1.09. The van der Waals surface area contributed by atoms with Gasteiger partial charge in [0.15, 0.2) is 0 Å². The first kappa shape index (κ1) is 16.5. The molecule has 112 valence electrons. The lowest BCUT2D eigenvalue weighted by Gasteiger charge is -2.29. The van der Waals surface area contributed by atoms with Crippen LogP contribution in [-0.2, 0) is 9.59 Å². The van der Waals surface area contributed by atoms with Crippen molar-refractivity contribution in [1.82, 2.24) is 10.2 Å². The molecule has 0 spiro atoms. The SMILES string of the molecule is C#CC(CC)(CC)NC(=O)CN1CCC(C(=O)O)C1C. The van der Waals surface area contributed by atoms with Crippen LogP contribution in [0.3, 0.4) is 0 Å². The summed E-state index contributed by atoms with van der Waals surface area (Å²) in [6.45, 7) is 6.58. The third kappa shape index (κ3) is 3.51. The van der Waals surface area contributed by atoms with E-state index in [-0.39, 0.29) is 18.5 Å². The van der Waals surface area contributed by atoms with E-state index in [9.17, 15) is 9.59 Å². The van der Waals surface area contributed by atoms with Crippen LogP contribution in [0.15, 0.2) is 0 Å². The molecule has 5 heteroatoms. The maximum Gasteiger partial charge on any atom is 0.308 e. The average molecular weight is 280 g/mol. The minimum Gasteiger partial charge on any atom is -0.481 e. The number of likely N-dealkylation sites (tertiary alicyclic amines) is 1. The Labute approximate surface area is 120 Å². The van der Waals surface area contributed by atoms with Crippen LogP contribution in [0.2, 0.25) is 0 Å². The summed E-state index contributed by atoms with van der Waals surface area (Å²) >= 11 is 0. The lowest BCUT2D eigenvalue weighted by atomic mass is 9.94. The third-order valence-electron chi connectivity index (χ3n) is 4.41. The van der Waals surface area contributed by atoms with Crippen LogP contribution in [0.4, 0.5) is 0 Å². The Balaban J connectivity index is 2.60. The smallest absolute Gasteiger partial charge is 0.308 e. The van der Waals surface area contributed by atoms with Gasteiger partial charge in [0.25, 0.3) is 0 Å². The lowest BCUT2D eigenvalue weighted by Crippen LogP contribution is -2.50. The molecule has 1 rings (SSSR count). The summed E-state index contributed by atoms with van der Waals surface area (Å²) in [5, 5.41) is 12.0. The van der Waals surface area contributed by atoms with Gasteiger partial charge in [-0.15, -0.1) is 6.42 Å². The summed E-state index contributed by atoms with van der Waals surface area (Å²) in [4.78, 5) is 25.1. The summed E-state index contributed by atoms with van der Waals surface area (Å²) in [5.41, 5.74) is -0.591. The molecule has 1 aliphatic heterocycles. The molecule has 0 aromatic heterocycles. The van der Waals surface area contributed by atoms with E-state index in [0.29, 0.717) is 25.8 Å². The molecule has 0 bridgehead atoms. The Morgan fingerprint density at radius 3 is 2.45 bits per heavy atom. The topological polar surface area (TPSA) is 69.6 Å². The lowest BCUT2D eigenvalue weighted by molar-refractivity contribution is -0.142. The summed E-state index contributed by atoms with van der Waals surface area (Å²) < 4.78 is 0. The Hall–Kier alpha value is -1.54. The first-order valence-electron chi connectivity index (χ1n) is 7.14. The maximum atomic E-state index is 12.1. The molecule has 2 N–H and O–H groups in total. The standard InChI is InChI=1S/C15H24N2O3/c1-5-15(6-2,7-3)16-13(18)10-17-9-8-12(11(17)4)14(19)20/h1,11-12H,6-10H2,2-4H3,(H,16,18)(H,19,20). The highest BCUT2D eigenvalue weighted by molar-refractivity contribution is 5.80. The zero-order chi connectivity index (χ0) is 15.3. The number of carbonyl (C=O) groups is 2. The summed E-state index contributed by atoms with van der Waals surface area (Å²) in [6.07, 6.45) is 7.47. The Bertz CT molecular complexity index is 410. The van der Waals surface area contributed by atoms with Gasteiger partial charge in [-0.3, -0.25) is 14.5 Å². The van der Waals surface area contributed by atoms with Crippen LogP contribution < -0.4 is 5.32 Å². The van der Waals surface area contributed by atoms with Gasteiger partial charge in [-0.2, -0.15) is 0 Å². The predicted molar refractivity (Wildman–Crippen MR) is 77.1 cm³/mol. The van der Waals surface area contributed by atoms with Crippen molar-refractivity contribution >= 4 is 11.9 Å². The van der Waals surface area contributed by atoms with Crippen LogP contribution in [0.1, 0.15) is 40.0 Å². The molecule has 1 amide bonds. The van der Waals surface area contributed by atoms with Gasteiger partial charge in [-0.1, -0.05) is 19.8 Å². The second-order valence-corrected chi connectivity index (χ2v) is 5.43. The minimum atomic E-state index is -0.791. The van der Waals surface area contributed by atoms with Crippen molar-refractivity contribution in [2.75, 3.05) is 13.1 Å². The zero-order valence-electron chi connectivity index (χ0n) is 12.5. The summed E-state index contributed by atoms with van der Waals surface area (Å²) in [5.74, 6) is 1.35. The first-order chi connectivity index (χ1) is 9.39. The fourth-order valence-corrected chi connectivity index (χ4v) is 2.71. The molecule has 0 aromatic carbocycles. The fourth-order valence-electron chi connectivity index (χ4n) is 2.71. The molecular formula is C15H24N2O3. The molecule has 5 nitrogen and oxygen atoms in total. The molecule has 2 atom stereocenters. The number of terminal acetylenes is 1. The van der Waals surface area contributed by atoms with Gasteiger partial charge in [-0.25, -0.2) is 0 Å². The van der Waals surface area contributed by atoms with Crippen LogP contribution in [0.5, 0.6) is 0 Å². The van der Waals surface area contributed by atoms with Crippen molar-refractivity contribution in [3.05, 3.63) is 0 Å². The van der Waals surface area contributed by atoms with Gasteiger partial charge >= 0.3 is 5.97 Å². The number of rotatable bonds is 6. The number of carboxylic acid groups (broad SMARTS) is 1. The number of hydrogen-bond donors (Lipinski definition) is 2. The van der Waals surface area contributed by atoms with Crippen molar-refractivity contribution in [1.29, 1.82) is 0 Å². The van der Waals surface area contributed by atoms with Crippen LogP contribution in [-0.4, -0.2) is 46.6 Å². The van der Waals surface area contributed by atoms with Gasteiger partial charge in [0, 0.05) is 6.04 Å². The molecule has 1 fully saturated rings. The fraction of sp³-hybridized carbons (Fsp3) is 0.733. The molecule has 0 aliphatic carbocycles. The van der Waals surface area contributed by atoms with Gasteiger partial charge in [0.05, 0.1) is 12.5 Å². The number of aliphatic carboxylic acids is 1. The third-order valence-corrected chi connectivity index (χ3v) is 4.41. The molecule has 1 aliphatic rings. The average Bonchev–Trinajstić information content (AvgIpc) is 2.78. The number of hydrogen-bond acceptors (Lipinski definition) is 3. The molecule has 2 unspecified atom stereocenters. The molecule has 0 saturated carbocycles. The van der Waals surface area contributed by atoms with Crippen molar-refractivity contribution in [2.45, 2.75) is 51.6 Å². The highest BCUT2D eigenvalue weighted by Gasteiger charge is 2.37. The van der Waals surface area contributed by atoms with Crippen molar-refractivity contribution in [2.24, 2.45) is 5.92 Å². The monoisotopic (exact) mass is 280 g/mol. The molecular weight excluding hydrogens is 256 g/mol. The zero-order valence-corrected chi connectivity index (χ0v) is 12.5.